The molecular formula is C7H9N2O2. The van der Waals surface area contributed by atoms with Crippen molar-refractivity contribution < 1.29 is 9.90 Å². The van der Waals surface area contributed by atoms with Crippen LogP contribution in [0.2, 0.25) is 0 Å². The highest BCUT2D eigenvalue weighted by atomic mass is 16.4. The van der Waals surface area contributed by atoms with Crippen molar-refractivity contribution in [3.8, 4) is 0 Å². The molecule has 1 radical (unpaired) electrons. The lowest BCUT2D eigenvalue weighted by Crippen LogP contribution is -2.04. The minimum atomic E-state index is -0.793. The number of aliphatic carboxylic acids is 1. The summed E-state index contributed by atoms with van der Waals surface area (Å²) >= 11 is 0. The molecule has 0 bridgehead atoms. The van der Waals surface area contributed by atoms with E-state index in [4.69, 9.17) is 5.11 Å². The first-order valence-electron chi connectivity index (χ1n) is 3.32. The van der Waals surface area contributed by atoms with Crippen molar-refractivity contribution in [3.05, 3.63) is 18.2 Å². The average Bonchev–Trinajstić information content (AvgIpc) is 2.31. The fourth-order valence-corrected chi connectivity index (χ4v) is 0.792. The fourth-order valence-electron chi connectivity index (χ4n) is 0.792. The Morgan fingerprint density at radius 1 is 1.91 bits per heavy atom. The Morgan fingerprint density at radius 2 is 2.64 bits per heavy atom. The summed E-state index contributed by atoms with van der Waals surface area (Å²) in [6.45, 7) is 2.29. The molecule has 11 heavy (non-hydrogen) atoms. The van der Waals surface area contributed by atoms with Crippen molar-refractivity contribution in [1.29, 1.82) is 0 Å². The Labute approximate surface area is 64.5 Å². The van der Waals surface area contributed by atoms with Gasteiger partial charge in [-0.05, 0) is 6.92 Å². The molecule has 59 valence electrons. The molecule has 0 atom stereocenters. The van der Waals surface area contributed by atoms with Crippen LogP contribution in [0.4, 0.5) is 0 Å². The van der Waals surface area contributed by atoms with E-state index in [9.17, 15) is 4.79 Å². The minimum absolute atomic E-state index is 0.130. The third-order valence-corrected chi connectivity index (χ3v) is 1.42. The molecule has 1 rings (SSSR count). The van der Waals surface area contributed by atoms with E-state index < -0.39 is 5.97 Å². The maximum atomic E-state index is 10.2. The second-order valence-corrected chi connectivity index (χ2v) is 2.25. The molecule has 0 spiro atoms. The zero-order valence-electron chi connectivity index (χ0n) is 6.24. The molecule has 1 aromatic heterocycles. The summed E-state index contributed by atoms with van der Waals surface area (Å²) in [6, 6.07) is 0. The van der Waals surface area contributed by atoms with E-state index in [2.05, 4.69) is 11.2 Å². The molecule has 1 aromatic rings. The molecule has 0 saturated carbocycles. The van der Waals surface area contributed by atoms with Crippen LogP contribution in [0, 0.1) is 13.1 Å². The number of imidazole rings is 1. The number of carbonyl (C=O) groups is 1. The van der Waals surface area contributed by atoms with E-state index in [1.165, 1.54) is 0 Å². The smallest absolute Gasteiger partial charge is 0.305 e. The van der Waals surface area contributed by atoms with E-state index in [1.807, 2.05) is 6.92 Å². The SMILES string of the molecule is Cc1n[c]cn1CCC(=O)O. The first kappa shape index (κ1) is 7.78. The monoisotopic (exact) mass is 153 g/mol. The summed E-state index contributed by atoms with van der Waals surface area (Å²) in [5, 5.41) is 8.36. The third-order valence-electron chi connectivity index (χ3n) is 1.42. The Kier molecular flexibility index (Phi) is 2.25. The molecule has 0 fully saturated rings. The number of aromatic nitrogens is 2. The first-order valence-corrected chi connectivity index (χ1v) is 3.32. The number of hydrogen-bond acceptors (Lipinski definition) is 2. The molecule has 1 heterocycles. The zero-order valence-corrected chi connectivity index (χ0v) is 6.24. The van der Waals surface area contributed by atoms with Gasteiger partial charge in [-0.3, -0.25) is 4.79 Å². The molecule has 0 aromatic carbocycles. The second-order valence-electron chi connectivity index (χ2n) is 2.25. The van der Waals surface area contributed by atoms with Gasteiger partial charge in [-0.1, -0.05) is 0 Å². The van der Waals surface area contributed by atoms with Gasteiger partial charge in [0.1, 0.15) is 12.0 Å². The van der Waals surface area contributed by atoms with Gasteiger partial charge in [0.2, 0.25) is 0 Å². The molecule has 0 aliphatic rings. The molecule has 4 nitrogen and oxygen atoms in total. The summed E-state index contributed by atoms with van der Waals surface area (Å²) in [6.07, 6.45) is 4.42. The van der Waals surface area contributed by atoms with Crippen LogP contribution in [-0.4, -0.2) is 20.6 Å². The molecule has 0 saturated heterocycles. The summed E-state index contributed by atoms with van der Waals surface area (Å²) in [5.41, 5.74) is 0. The summed E-state index contributed by atoms with van der Waals surface area (Å²) in [5.74, 6) is 0.00403. The average molecular weight is 153 g/mol. The van der Waals surface area contributed by atoms with E-state index in [-0.39, 0.29) is 6.42 Å². The van der Waals surface area contributed by atoms with Gasteiger partial charge in [0, 0.05) is 12.7 Å². The largest absolute Gasteiger partial charge is 0.481 e. The highest BCUT2D eigenvalue weighted by molar-refractivity contribution is 5.66. The van der Waals surface area contributed by atoms with Crippen molar-refractivity contribution >= 4 is 5.97 Å². The maximum absolute atomic E-state index is 10.2. The Morgan fingerprint density at radius 3 is 3.09 bits per heavy atom. The van der Waals surface area contributed by atoms with Crippen LogP contribution in [-0.2, 0) is 11.3 Å². The first-order chi connectivity index (χ1) is 5.20. The lowest BCUT2D eigenvalue weighted by Gasteiger charge is -2.00. The normalized spacial score (nSPS) is 9.91. The molecule has 0 aliphatic heterocycles. The summed E-state index contributed by atoms with van der Waals surface area (Å²) in [4.78, 5) is 14.0. The number of hydrogen-bond donors (Lipinski definition) is 1. The van der Waals surface area contributed by atoms with Crippen molar-refractivity contribution in [1.82, 2.24) is 9.55 Å². The third kappa shape index (κ3) is 2.07. The van der Waals surface area contributed by atoms with Gasteiger partial charge in [-0.15, -0.1) is 0 Å². The van der Waals surface area contributed by atoms with Gasteiger partial charge in [0.15, 0.2) is 0 Å². The lowest BCUT2D eigenvalue weighted by molar-refractivity contribution is -0.137. The van der Waals surface area contributed by atoms with Gasteiger partial charge >= 0.3 is 5.97 Å². The molecule has 0 aliphatic carbocycles. The van der Waals surface area contributed by atoms with Crippen LogP contribution in [0.25, 0.3) is 0 Å². The molecular weight excluding hydrogens is 144 g/mol. The standard InChI is InChI=1S/C7H9N2O2/c1-6-8-3-5-9(6)4-2-7(10)11/h5H,2,4H2,1H3,(H,10,11). The minimum Gasteiger partial charge on any atom is -0.481 e. The summed E-state index contributed by atoms with van der Waals surface area (Å²) in [7, 11) is 0. The molecule has 4 heteroatoms. The predicted molar refractivity (Wildman–Crippen MR) is 38.1 cm³/mol. The van der Waals surface area contributed by atoms with E-state index >= 15 is 0 Å². The number of aryl methyl sites for hydroxylation is 2. The highest BCUT2D eigenvalue weighted by Crippen LogP contribution is 1.95. The van der Waals surface area contributed by atoms with Crippen molar-refractivity contribution in [3.63, 3.8) is 0 Å². The predicted octanol–water partition coefficient (Wildman–Crippen LogP) is 0.466. The van der Waals surface area contributed by atoms with Gasteiger partial charge in [-0.2, -0.15) is 0 Å². The maximum Gasteiger partial charge on any atom is 0.305 e. The highest BCUT2D eigenvalue weighted by Gasteiger charge is 1.99. The molecule has 0 amide bonds. The zero-order chi connectivity index (χ0) is 8.27. The number of carboxylic acid groups (broad SMARTS) is 1. The van der Waals surface area contributed by atoms with Gasteiger partial charge in [0.05, 0.1) is 6.42 Å². The van der Waals surface area contributed by atoms with Crippen LogP contribution in [0.15, 0.2) is 6.20 Å². The Balaban J connectivity index is 2.51. The van der Waals surface area contributed by atoms with Gasteiger partial charge < -0.3 is 9.67 Å². The van der Waals surface area contributed by atoms with E-state index in [0.29, 0.717) is 6.54 Å². The Hall–Kier alpha value is -1.32. The number of rotatable bonds is 3. The van der Waals surface area contributed by atoms with Crippen LogP contribution in [0.3, 0.4) is 0 Å². The number of nitrogens with zero attached hydrogens (tertiary/aromatic N) is 2. The van der Waals surface area contributed by atoms with E-state index in [0.717, 1.165) is 5.82 Å². The van der Waals surface area contributed by atoms with E-state index in [1.54, 1.807) is 10.8 Å². The topological polar surface area (TPSA) is 55.1 Å². The van der Waals surface area contributed by atoms with Crippen LogP contribution in [0.5, 0.6) is 0 Å². The van der Waals surface area contributed by atoms with Crippen LogP contribution < -0.4 is 0 Å². The van der Waals surface area contributed by atoms with Gasteiger partial charge in [-0.25, -0.2) is 4.98 Å². The van der Waals surface area contributed by atoms with Crippen LogP contribution >= 0.6 is 0 Å². The quantitative estimate of drug-likeness (QED) is 0.686. The molecule has 1 N–H and O–H groups in total. The fraction of sp³-hybridized carbons (Fsp3) is 0.429. The van der Waals surface area contributed by atoms with Gasteiger partial charge in [0.25, 0.3) is 0 Å². The number of carboxylic acids is 1. The lowest BCUT2D eigenvalue weighted by atomic mass is 10.4. The second kappa shape index (κ2) is 3.18. The summed E-state index contributed by atoms with van der Waals surface area (Å²) < 4.78 is 1.76. The van der Waals surface area contributed by atoms with Crippen molar-refractivity contribution in [2.75, 3.05) is 0 Å². The Bertz CT molecular complexity index is 255. The molecule has 0 unspecified atom stereocenters. The van der Waals surface area contributed by atoms with Crippen molar-refractivity contribution in [2.45, 2.75) is 19.9 Å². The van der Waals surface area contributed by atoms with Crippen molar-refractivity contribution in [2.24, 2.45) is 0 Å². The van der Waals surface area contributed by atoms with Crippen LogP contribution in [0.1, 0.15) is 12.2 Å².